The summed E-state index contributed by atoms with van der Waals surface area (Å²) in [5, 5.41) is 5.82. The normalized spacial score (nSPS) is 7.90. The largest absolute Gasteiger partial charge is 0.365 e. The number of aromatic nitrogens is 1. The topological polar surface area (TPSA) is 24.9 Å². The lowest BCUT2D eigenvalue weighted by atomic mass is 10.6. The predicted molar refractivity (Wildman–Crippen MR) is 47.6 cm³/mol. The summed E-state index contributed by atoms with van der Waals surface area (Å²) in [6, 6.07) is 0. The van der Waals surface area contributed by atoms with Gasteiger partial charge in [0.25, 0.3) is 0 Å². The summed E-state index contributed by atoms with van der Waals surface area (Å²) in [7, 11) is 1.86. The SMILES string of the molecule is CCC.CNc1nccs1. The molecule has 0 spiro atoms. The number of hydrogen-bond donors (Lipinski definition) is 1. The first-order valence-corrected chi connectivity index (χ1v) is 4.30. The van der Waals surface area contributed by atoms with Crippen molar-refractivity contribution in [3.63, 3.8) is 0 Å². The lowest BCUT2D eigenvalue weighted by Gasteiger charge is -1.84. The molecule has 1 N–H and O–H groups in total. The average molecular weight is 158 g/mol. The van der Waals surface area contributed by atoms with Crippen LogP contribution in [0.3, 0.4) is 0 Å². The van der Waals surface area contributed by atoms with Crippen LogP contribution in [-0.2, 0) is 0 Å². The van der Waals surface area contributed by atoms with Crippen LogP contribution in [0.1, 0.15) is 20.3 Å². The zero-order valence-corrected chi connectivity index (χ0v) is 7.53. The fraction of sp³-hybridized carbons (Fsp3) is 0.571. The number of thiazole rings is 1. The Kier molecular flexibility index (Phi) is 6.18. The smallest absolute Gasteiger partial charge is 0.182 e. The Bertz CT molecular complexity index is 137. The first-order chi connectivity index (χ1) is 4.85. The highest BCUT2D eigenvalue weighted by Gasteiger charge is 1.82. The number of nitrogens with zero attached hydrogens (tertiary/aromatic N) is 1. The van der Waals surface area contributed by atoms with Crippen LogP contribution in [0, 0.1) is 0 Å². The predicted octanol–water partition coefficient (Wildman–Crippen LogP) is 2.60. The molecule has 0 atom stereocenters. The van der Waals surface area contributed by atoms with Crippen molar-refractivity contribution in [1.82, 2.24) is 4.98 Å². The molecule has 0 aliphatic carbocycles. The minimum atomic E-state index is 0.972. The Balaban J connectivity index is 0.000000236. The summed E-state index contributed by atoms with van der Waals surface area (Å²) in [5.74, 6) is 0. The molecule has 0 amide bonds. The Morgan fingerprint density at radius 2 is 2.20 bits per heavy atom. The Hall–Kier alpha value is -0.570. The lowest BCUT2D eigenvalue weighted by molar-refractivity contribution is 1.09. The van der Waals surface area contributed by atoms with E-state index in [0.717, 1.165) is 5.13 Å². The van der Waals surface area contributed by atoms with E-state index in [2.05, 4.69) is 24.1 Å². The molecule has 3 heteroatoms. The molecule has 0 aromatic carbocycles. The van der Waals surface area contributed by atoms with Crippen LogP contribution >= 0.6 is 11.3 Å². The molecule has 1 aromatic rings. The highest BCUT2D eigenvalue weighted by molar-refractivity contribution is 7.13. The van der Waals surface area contributed by atoms with Crippen LogP contribution in [0.2, 0.25) is 0 Å². The summed E-state index contributed by atoms with van der Waals surface area (Å²) in [6.45, 7) is 4.25. The third-order valence-corrected chi connectivity index (χ3v) is 1.44. The second kappa shape index (κ2) is 6.55. The first-order valence-electron chi connectivity index (χ1n) is 3.42. The fourth-order valence-corrected chi connectivity index (χ4v) is 0.837. The van der Waals surface area contributed by atoms with E-state index < -0.39 is 0 Å². The average Bonchev–Trinajstić information content (AvgIpc) is 2.39. The van der Waals surface area contributed by atoms with Gasteiger partial charge in [0.2, 0.25) is 0 Å². The maximum Gasteiger partial charge on any atom is 0.182 e. The van der Waals surface area contributed by atoms with Crippen molar-refractivity contribution in [3.8, 4) is 0 Å². The molecule has 1 rings (SSSR count). The van der Waals surface area contributed by atoms with Gasteiger partial charge in [-0.1, -0.05) is 20.3 Å². The van der Waals surface area contributed by atoms with E-state index in [4.69, 9.17) is 0 Å². The van der Waals surface area contributed by atoms with Crippen LogP contribution < -0.4 is 5.32 Å². The van der Waals surface area contributed by atoms with Gasteiger partial charge in [-0.3, -0.25) is 0 Å². The molecule has 0 aliphatic heterocycles. The molecular weight excluding hydrogens is 144 g/mol. The summed E-state index contributed by atoms with van der Waals surface area (Å²) in [4.78, 5) is 3.94. The highest BCUT2D eigenvalue weighted by atomic mass is 32.1. The van der Waals surface area contributed by atoms with E-state index in [9.17, 15) is 0 Å². The van der Waals surface area contributed by atoms with Gasteiger partial charge in [-0.25, -0.2) is 4.98 Å². The summed E-state index contributed by atoms with van der Waals surface area (Å²) in [6.07, 6.45) is 3.02. The molecule has 1 aromatic heterocycles. The number of hydrogen-bond acceptors (Lipinski definition) is 3. The minimum Gasteiger partial charge on any atom is -0.365 e. The van der Waals surface area contributed by atoms with Crippen molar-refractivity contribution in [2.45, 2.75) is 20.3 Å². The monoisotopic (exact) mass is 158 g/mol. The summed E-state index contributed by atoms with van der Waals surface area (Å²) in [5.41, 5.74) is 0. The Labute approximate surface area is 66.3 Å². The van der Waals surface area contributed by atoms with E-state index >= 15 is 0 Å². The fourth-order valence-electron chi connectivity index (χ4n) is 0.347. The van der Waals surface area contributed by atoms with E-state index in [1.54, 1.807) is 17.5 Å². The van der Waals surface area contributed by atoms with Gasteiger partial charge < -0.3 is 5.32 Å². The van der Waals surface area contributed by atoms with Crippen molar-refractivity contribution in [2.75, 3.05) is 12.4 Å². The van der Waals surface area contributed by atoms with Gasteiger partial charge in [-0.2, -0.15) is 0 Å². The van der Waals surface area contributed by atoms with E-state index in [1.807, 2.05) is 12.4 Å². The van der Waals surface area contributed by atoms with Crippen LogP contribution in [0.25, 0.3) is 0 Å². The molecule has 0 aliphatic rings. The molecule has 58 valence electrons. The van der Waals surface area contributed by atoms with Crippen LogP contribution in [-0.4, -0.2) is 12.0 Å². The highest BCUT2D eigenvalue weighted by Crippen LogP contribution is 2.07. The van der Waals surface area contributed by atoms with Crippen LogP contribution in [0.5, 0.6) is 0 Å². The van der Waals surface area contributed by atoms with E-state index in [0.29, 0.717) is 0 Å². The molecule has 0 radical (unpaired) electrons. The molecule has 0 saturated carbocycles. The molecule has 1 heterocycles. The zero-order valence-electron chi connectivity index (χ0n) is 6.72. The third-order valence-electron chi connectivity index (χ3n) is 0.646. The summed E-state index contributed by atoms with van der Waals surface area (Å²) >= 11 is 1.60. The van der Waals surface area contributed by atoms with Gasteiger partial charge in [0.05, 0.1) is 0 Å². The standard InChI is InChI=1S/C4H6N2S.C3H8/c1-5-4-6-2-3-7-4;1-3-2/h2-3H,1H3,(H,5,6);3H2,1-2H3. The van der Waals surface area contributed by atoms with Crippen molar-refractivity contribution in [2.24, 2.45) is 0 Å². The van der Waals surface area contributed by atoms with Crippen LogP contribution in [0.15, 0.2) is 11.6 Å². The molecule has 10 heavy (non-hydrogen) atoms. The molecule has 2 nitrogen and oxygen atoms in total. The molecular formula is C7H14N2S. The summed E-state index contributed by atoms with van der Waals surface area (Å²) < 4.78 is 0. The van der Waals surface area contributed by atoms with Gasteiger partial charge in [0.15, 0.2) is 5.13 Å². The van der Waals surface area contributed by atoms with Crippen molar-refractivity contribution in [1.29, 1.82) is 0 Å². The first kappa shape index (κ1) is 9.43. The van der Waals surface area contributed by atoms with Crippen molar-refractivity contribution < 1.29 is 0 Å². The van der Waals surface area contributed by atoms with Gasteiger partial charge in [0, 0.05) is 18.6 Å². The van der Waals surface area contributed by atoms with Gasteiger partial charge in [-0.05, 0) is 0 Å². The second-order valence-corrected chi connectivity index (χ2v) is 2.69. The van der Waals surface area contributed by atoms with E-state index in [1.165, 1.54) is 6.42 Å². The maximum absolute atomic E-state index is 3.94. The number of rotatable bonds is 1. The third kappa shape index (κ3) is 4.32. The quantitative estimate of drug-likeness (QED) is 0.679. The Morgan fingerprint density at radius 1 is 1.60 bits per heavy atom. The lowest BCUT2D eigenvalue weighted by Crippen LogP contribution is -1.83. The second-order valence-electron chi connectivity index (χ2n) is 1.79. The Morgan fingerprint density at radius 3 is 2.40 bits per heavy atom. The number of nitrogens with one attached hydrogen (secondary N) is 1. The number of anilines is 1. The van der Waals surface area contributed by atoms with E-state index in [-0.39, 0.29) is 0 Å². The van der Waals surface area contributed by atoms with Gasteiger partial charge in [-0.15, -0.1) is 11.3 Å². The van der Waals surface area contributed by atoms with Crippen molar-refractivity contribution in [3.05, 3.63) is 11.6 Å². The molecule has 0 saturated heterocycles. The zero-order chi connectivity index (χ0) is 7.82. The van der Waals surface area contributed by atoms with Crippen molar-refractivity contribution >= 4 is 16.5 Å². The molecule has 0 unspecified atom stereocenters. The van der Waals surface area contributed by atoms with Crippen LogP contribution in [0.4, 0.5) is 5.13 Å². The molecule has 0 fully saturated rings. The minimum absolute atomic E-state index is 0.972. The van der Waals surface area contributed by atoms with Gasteiger partial charge >= 0.3 is 0 Å². The molecule has 0 bridgehead atoms. The maximum atomic E-state index is 3.94. The van der Waals surface area contributed by atoms with Gasteiger partial charge in [0.1, 0.15) is 0 Å².